The molecule has 122 valence electrons. The lowest BCUT2D eigenvalue weighted by molar-refractivity contribution is -0.128. The van der Waals surface area contributed by atoms with Crippen LogP contribution >= 0.6 is 23.8 Å². The van der Waals surface area contributed by atoms with E-state index in [9.17, 15) is 9.90 Å². The Morgan fingerprint density at radius 2 is 2.09 bits per heavy atom. The fourth-order valence-corrected chi connectivity index (χ4v) is 3.04. The number of rotatable bonds is 4. The maximum Gasteiger partial charge on any atom is 0.260 e. The SMILES string of the molecule is CCN1C(=O)/C(=C/C=C/c2cccc(Cl)c2)C(O)N(CC)C1=S. The molecule has 4 nitrogen and oxygen atoms in total. The van der Waals surface area contributed by atoms with Crippen LogP contribution in [-0.2, 0) is 4.79 Å². The summed E-state index contributed by atoms with van der Waals surface area (Å²) in [5.41, 5.74) is 1.22. The summed E-state index contributed by atoms with van der Waals surface area (Å²) in [6.45, 7) is 4.74. The number of carbonyl (C=O) groups is 1. The van der Waals surface area contributed by atoms with Crippen molar-refractivity contribution in [3.63, 3.8) is 0 Å². The monoisotopic (exact) mass is 350 g/mol. The number of nitrogens with zero attached hydrogens (tertiary/aromatic N) is 2. The highest BCUT2D eigenvalue weighted by molar-refractivity contribution is 7.80. The molecule has 1 heterocycles. The molecule has 0 saturated carbocycles. The molecule has 6 heteroatoms. The van der Waals surface area contributed by atoms with Gasteiger partial charge in [0.1, 0.15) is 0 Å². The highest BCUT2D eigenvalue weighted by Gasteiger charge is 2.37. The Morgan fingerprint density at radius 1 is 1.35 bits per heavy atom. The highest BCUT2D eigenvalue weighted by atomic mass is 35.5. The van der Waals surface area contributed by atoms with Crippen molar-refractivity contribution < 1.29 is 9.90 Å². The summed E-state index contributed by atoms with van der Waals surface area (Å²) >= 11 is 11.2. The van der Waals surface area contributed by atoms with E-state index in [1.54, 1.807) is 23.1 Å². The maximum atomic E-state index is 12.5. The summed E-state index contributed by atoms with van der Waals surface area (Å²) in [5, 5.41) is 11.4. The second-order valence-corrected chi connectivity index (χ2v) is 5.83. The van der Waals surface area contributed by atoms with Gasteiger partial charge in [-0.15, -0.1) is 0 Å². The fourth-order valence-electron chi connectivity index (χ4n) is 2.40. The maximum absolute atomic E-state index is 12.5. The number of aliphatic hydroxyl groups is 1. The number of hydrogen-bond acceptors (Lipinski definition) is 3. The minimum Gasteiger partial charge on any atom is -0.369 e. The molecule has 1 aromatic carbocycles. The first-order valence-corrected chi connectivity index (χ1v) is 8.22. The molecule has 1 aliphatic rings. The molecule has 0 aromatic heterocycles. The van der Waals surface area contributed by atoms with Gasteiger partial charge < -0.3 is 10.0 Å². The summed E-state index contributed by atoms with van der Waals surface area (Å²) in [6, 6.07) is 7.38. The number of thiocarbonyl (C=S) groups is 1. The van der Waals surface area contributed by atoms with Crippen LogP contribution in [0.5, 0.6) is 0 Å². The van der Waals surface area contributed by atoms with Crippen LogP contribution in [0.4, 0.5) is 0 Å². The second kappa shape index (κ2) is 7.73. The Labute approximate surface area is 146 Å². The Morgan fingerprint density at radius 3 is 2.70 bits per heavy atom. The van der Waals surface area contributed by atoms with Crippen molar-refractivity contribution in [3.8, 4) is 0 Å². The molecule has 1 saturated heterocycles. The van der Waals surface area contributed by atoms with Gasteiger partial charge in [-0.2, -0.15) is 0 Å². The largest absolute Gasteiger partial charge is 0.369 e. The lowest BCUT2D eigenvalue weighted by Crippen LogP contribution is -2.57. The molecule has 1 amide bonds. The Bertz CT molecular complexity index is 672. The first-order valence-electron chi connectivity index (χ1n) is 7.44. The zero-order valence-corrected chi connectivity index (χ0v) is 14.6. The lowest BCUT2D eigenvalue weighted by atomic mass is 10.1. The van der Waals surface area contributed by atoms with Crippen LogP contribution in [0.1, 0.15) is 19.4 Å². The van der Waals surface area contributed by atoms with Gasteiger partial charge in [-0.05, 0) is 49.8 Å². The fraction of sp³-hybridized carbons (Fsp3) is 0.294. The molecule has 1 fully saturated rings. The number of aliphatic hydroxyl groups excluding tert-OH is 1. The Kier molecular flexibility index (Phi) is 5.93. The van der Waals surface area contributed by atoms with Crippen LogP contribution < -0.4 is 0 Å². The molecule has 1 atom stereocenters. The summed E-state index contributed by atoms with van der Waals surface area (Å²) in [5.74, 6) is -0.259. The standard InChI is InChI=1S/C17H19ClN2O2S/c1-3-19-15(21)14(16(22)20(4-2)17(19)23)10-6-8-12-7-5-9-13(18)11-12/h5-11,15,21H,3-4H2,1-2H3/b8-6+,14-10+. The lowest BCUT2D eigenvalue weighted by Gasteiger charge is -2.40. The quantitative estimate of drug-likeness (QED) is 0.669. The molecule has 0 aliphatic carbocycles. The van der Waals surface area contributed by atoms with Crippen LogP contribution in [-0.4, -0.2) is 45.2 Å². The number of halogens is 1. The van der Waals surface area contributed by atoms with Gasteiger partial charge in [0.15, 0.2) is 11.3 Å². The van der Waals surface area contributed by atoms with Crippen LogP contribution in [0, 0.1) is 0 Å². The number of carbonyl (C=O) groups excluding carboxylic acids is 1. The third kappa shape index (κ3) is 3.80. The van der Waals surface area contributed by atoms with Crippen molar-refractivity contribution in [1.82, 2.24) is 9.80 Å². The topological polar surface area (TPSA) is 43.8 Å². The highest BCUT2D eigenvalue weighted by Crippen LogP contribution is 2.21. The minimum absolute atomic E-state index is 0.259. The average molecular weight is 351 g/mol. The van der Waals surface area contributed by atoms with Gasteiger partial charge in [-0.1, -0.05) is 35.9 Å². The van der Waals surface area contributed by atoms with Gasteiger partial charge in [0.25, 0.3) is 5.91 Å². The molecular weight excluding hydrogens is 332 g/mol. The molecule has 0 bridgehead atoms. The van der Waals surface area contributed by atoms with Gasteiger partial charge in [0.2, 0.25) is 0 Å². The van der Waals surface area contributed by atoms with Gasteiger partial charge in [-0.25, -0.2) is 0 Å². The molecular formula is C17H19ClN2O2S. The van der Waals surface area contributed by atoms with E-state index in [0.717, 1.165) is 5.56 Å². The number of amides is 1. The molecule has 23 heavy (non-hydrogen) atoms. The normalized spacial score (nSPS) is 20.9. The van der Waals surface area contributed by atoms with E-state index in [4.69, 9.17) is 23.8 Å². The van der Waals surface area contributed by atoms with E-state index < -0.39 is 6.23 Å². The molecule has 0 radical (unpaired) electrons. The predicted octanol–water partition coefficient (Wildman–Crippen LogP) is 3.07. The first-order chi connectivity index (χ1) is 11.0. The number of benzene rings is 1. The van der Waals surface area contributed by atoms with E-state index >= 15 is 0 Å². The zero-order valence-electron chi connectivity index (χ0n) is 13.1. The van der Waals surface area contributed by atoms with Gasteiger partial charge in [0, 0.05) is 18.1 Å². The van der Waals surface area contributed by atoms with Crippen LogP contribution in [0.15, 0.2) is 42.0 Å². The molecule has 1 N–H and O–H groups in total. The zero-order chi connectivity index (χ0) is 17.0. The third-order valence-corrected chi connectivity index (χ3v) is 4.30. The molecule has 1 aliphatic heterocycles. The van der Waals surface area contributed by atoms with Gasteiger partial charge in [-0.3, -0.25) is 9.69 Å². The van der Waals surface area contributed by atoms with Crippen molar-refractivity contribution in [1.29, 1.82) is 0 Å². The van der Waals surface area contributed by atoms with Crippen LogP contribution in [0.2, 0.25) is 5.02 Å². The van der Waals surface area contributed by atoms with E-state index in [0.29, 0.717) is 28.8 Å². The van der Waals surface area contributed by atoms with Crippen molar-refractivity contribution in [2.45, 2.75) is 20.1 Å². The minimum atomic E-state index is -1.02. The van der Waals surface area contributed by atoms with Crippen molar-refractivity contribution in [2.24, 2.45) is 0 Å². The van der Waals surface area contributed by atoms with E-state index in [2.05, 4.69) is 0 Å². The Balaban J connectivity index is 2.28. The summed E-state index contributed by atoms with van der Waals surface area (Å²) in [7, 11) is 0. The van der Waals surface area contributed by atoms with Crippen molar-refractivity contribution in [3.05, 3.63) is 52.6 Å². The van der Waals surface area contributed by atoms with Crippen molar-refractivity contribution in [2.75, 3.05) is 13.1 Å². The van der Waals surface area contributed by atoms with Gasteiger partial charge >= 0.3 is 0 Å². The summed E-state index contributed by atoms with van der Waals surface area (Å²) in [6.07, 6.45) is 4.17. The molecule has 1 unspecified atom stereocenters. The number of hydrogen-bond donors (Lipinski definition) is 1. The van der Waals surface area contributed by atoms with Crippen LogP contribution in [0.25, 0.3) is 6.08 Å². The predicted molar refractivity (Wildman–Crippen MR) is 96.9 cm³/mol. The van der Waals surface area contributed by atoms with Crippen LogP contribution in [0.3, 0.4) is 0 Å². The third-order valence-electron chi connectivity index (χ3n) is 3.61. The molecule has 2 rings (SSSR count). The van der Waals surface area contributed by atoms with Crippen molar-refractivity contribution >= 4 is 40.9 Å². The van der Waals surface area contributed by atoms with Gasteiger partial charge in [0.05, 0.1) is 5.57 Å². The number of likely N-dealkylation sites (N-methyl/N-ethyl adjacent to an activating group) is 2. The summed E-state index contributed by atoms with van der Waals surface area (Å²) < 4.78 is 0. The van der Waals surface area contributed by atoms with E-state index in [1.807, 2.05) is 38.1 Å². The smallest absolute Gasteiger partial charge is 0.260 e. The van der Waals surface area contributed by atoms with E-state index in [1.165, 1.54) is 4.90 Å². The van der Waals surface area contributed by atoms with E-state index in [-0.39, 0.29) is 5.91 Å². The molecule has 1 aromatic rings. The Hall–Kier alpha value is -1.69. The number of allylic oxidation sites excluding steroid dienone is 2. The first kappa shape index (κ1) is 17.7. The average Bonchev–Trinajstić information content (AvgIpc) is 2.51. The molecule has 0 spiro atoms. The second-order valence-electron chi connectivity index (χ2n) is 5.03. The summed E-state index contributed by atoms with van der Waals surface area (Å²) in [4.78, 5) is 15.6.